The van der Waals surface area contributed by atoms with Crippen LogP contribution in [0.1, 0.15) is 58.5 Å². The zero-order valence-corrected chi connectivity index (χ0v) is 19.0. The van der Waals surface area contributed by atoms with Crippen molar-refractivity contribution >= 4 is 50.8 Å². The lowest BCUT2D eigenvalue weighted by molar-refractivity contribution is 0.0600. The zero-order valence-electron chi connectivity index (χ0n) is 17.4. The molecule has 0 bridgehead atoms. The maximum Gasteiger partial charge on any atom is 0.341 e. The summed E-state index contributed by atoms with van der Waals surface area (Å²) in [5, 5.41) is 4.72. The van der Waals surface area contributed by atoms with Gasteiger partial charge in [-0.1, -0.05) is 32.4 Å². The van der Waals surface area contributed by atoms with Crippen LogP contribution in [0.25, 0.3) is 11.0 Å². The standard InChI is InChI=1S/C23H24ClNO4S/c1-23(2,3)13-5-7-15-18(11-13)30-21(19(15)22(27)28-4)25-20(26)17-10-12-9-14(24)6-8-16(12)29-17/h6,8-10,13H,5,7,11H2,1-4H3,(H,25,26). The van der Waals surface area contributed by atoms with Gasteiger partial charge in [0.1, 0.15) is 10.6 Å². The Balaban J connectivity index is 1.67. The van der Waals surface area contributed by atoms with Gasteiger partial charge in [-0.3, -0.25) is 4.79 Å². The highest BCUT2D eigenvalue weighted by molar-refractivity contribution is 7.17. The summed E-state index contributed by atoms with van der Waals surface area (Å²) in [4.78, 5) is 26.6. The third-order valence-corrected chi connectivity index (χ3v) is 7.21. The number of carbonyl (C=O) groups excluding carboxylic acids is 2. The molecule has 5 nitrogen and oxygen atoms in total. The monoisotopic (exact) mass is 445 g/mol. The van der Waals surface area contributed by atoms with Crippen LogP contribution in [0.2, 0.25) is 5.02 Å². The van der Waals surface area contributed by atoms with Gasteiger partial charge in [-0.2, -0.15) is 0 Å². The van der Waals surface area contributed by atoms with Gasteiger partial charge in [-0.15, -0.1) is 11.3 Å². The average Bonchev–Trinajstić information content (AvgIpc) is 3.26. The Bertz CT molecular complexity index is 1140. The molecule has 1 aromatic carbocycles. The van der Waals surface area contributed by atoms with Gasteiger partial charge in [0.05, 0.1) is 12.7 Å². The Hall–Kier alpha value is -2.31. The molecule has 30 heavy (non-hydrogen) atoms. The minimum Gasteiger partial charge on any atom is -0.465 e. The Labute approximate surface area is 184 Å². The van der Waals surface area contributed by atoms with Gasteiger partial charge in [0.2, 0.25) is 0 Å². The molecule has 0 radical (unpaired) electrons. The maximum atomic E-state index is 12.9. The van der Waals surface area contributed by atoms with Crippen LogP contribution in [0.4, 0.5) is 5.00 Å². The number of methoxy groups -OCH3 is 1. The Kier molecular flexibility index (Phi) is 5.41. The molecule has 1 aliphatic carbocycles. The summed E-state index contributed by atoms with van der Waals surface area (Å²) in [6, 6.07) is 6.83. The number of halogens is 1. The first kappa shape index (κ1) is 20.9. The summed E-state index contributed by atoms with van der Waals surface area (Å²) in [5.41, 5.74) is 2.24. The lowest BCUT2D eigenvalue weighted by atomic mass is 9.72. The minimum absolute atomic E-state index is 0.169. The van der Waals surface area contributed by atoms with Crippen LogP contribution in [0.15, 0.2) is 28.7 Å². The number of anilines is 1. The van der Waals surface area contributed by atoms with Crippen LogP contribution in [0.5, 0.6) is 0 Å². The molecule has 158 valence electrons. The molecule has 0 spiro atoms. The lowest BCUT2D eigenvalue weighted by Crippen LogP contribution is -2.26. The molecular formula is C23H24ClNO4S. The zero-order chi connectivity index (χ0) is 21.6. The van der Waals surface area contributed by atoms with Crippen molar-refractivity contribution in [2.75, 3.05) is 12.4 Å². The number of benzene rings is 1. The third kappa shape index (κ3) is 3.86. The Morgan fingerprint density at radius 3 is 2.73 bits per heavy atom. The molecule has 1 amide bonds. The van der Waals surface area contributed by atoms with Crippen molar-refractivity contribution in [3.63, 3.8) is 0 Å². The summed E-state index contributed by atoms with van der Waals surface area (Å²) in [6.07, 6.45) is 2.71. The van der Waals surface area contributed by atoms with E-state index in [4.69, 9.17) is 20.8 Å². The molecule has 0 aliphatic heterocycles. The largest absolute Gasteiger partial charge is 0.465 e. The molecule has 0 saturated heterocycles. The van der Waals surface area contributed by atoms with Crippen LogP contribution in [-0.2, 0) is 17.6 Å². The molecule has 3 aromatic rings. The fourth-order valence-electron chi connectivity index (χ4n) is 4.02. The third-order valence-electron chi connectivity index (χ3n) is 5.81. The molecule has 2 aromatic heterocycles. The van der Waals surface area contributed by atoms with E-state index in [0.717, 1.165) is 35.1 Å². The summed E-state index contributed by atoms with van der Waals surface area (Å²) >= 11 is 7.48. The molecular weight excluding hydrogens is 422 g/mol. The average molecular weight is 446 g/mol. The number of esters is 1. The second kappa shape index (κ2) is 7.75. The maximum absolute atomic E-state index is 12.9. The van der Waals surface area contributed by atoms with Crippen molar-refractivity contribution in [2.24, 2.45) is 11.3 Å². The van der Waals surface area contributed by atoms with Crippen molar-refractivity contribution in [2.45, 2.75) is 40.0 Å². The number of fused-ring (bicyclic) bond motifs is 2. The second-order valence-corrected chi connectivity index (χ2v) is 10.3. The fourth-order valence-corrected chi connectivity index (χ4v) is 5.51. The van der Waals surface area contributed by atoms with Gasteiger partial charge in [0.15, 0.2) is 5.76 Å². The SMILES string of the molecule is COC(=O)c1c(NC(=O)c2cc3cc(Cl)ccc3o2)sc2c1CCC(C(C)(C)C)C2. The number of ether oxygens (including phenoxy) is 1. The normalized spacial score (nSPS) is 16.4. The van der Waals surface area contributed by atoms with Crippen LogP contribution in [0.3, 0.4) is 0 Å². The predicted octanol–water partition coefficient (Wildman–Crippen LogP) is 6.34. The number of hydrogen-bond acceptors (Lipinski definition) is 5. The van der Waals surface area contributed by atoms with Gasteiger partial charge in [0.25, 0.3) is 5.91 Å². The van der Waals surface area contributed by atoms with E-state index >= 15 is 0 Å². The van der Waals surface area contributed by atoms with Crippen LogP contribution >= 0.6 is 22.9 Å². The Morgan fingerprint density at radius 1 is 1.27 bits per heavy atom. The van der Waals surface area contributed by atoms with E-state index in [2.05, 4.69) is 26.1 Å². The van der Waals surface area contributed by atoms with Crippen LogP contribution in [-0.4, -0.2) is 19.0 Å². The van der Waals surface area contributed by atoms with E-state index in [9.17, 15) is 9.59 Å². The van der Waals surface area contributed by atoms with Gasteiger partial charge in [0, 0.05) is 15.3 Å². The quantitative estimate of drug-likeness (QED) is 0.477. The van der Waals surface area contributed by atoms with Crippen molar-refractivity contribution in [1.82, 2.24) is 0 Å². The van der Waals surface area contributed by atoms with Crippen molar-refractivity contribution in [3.05, 3.63) is 51.1 Å². The molecule has 7 heteroatoms. The lowest BCUT2D eigenvalue weighted by Gasteiger charge is -2.33. The van der Waals surface area contributed by atoms with Crippen molar-refractivity contribution in [1.29, 1.82) is 0 Å². The fraction of sp³-hybridized carbons (Fsp3) is 0.391. The smallest absolute Gasteiger partial charge is 0.341 e. The highest BCUT2D eigenvalue weighted by atomic mass is 35.5. The summed E-state index contributed by atoms with van der Waals surface area (Å²) in [5.74, 6) is -0.133. The van der Waals surface area contributed by atoms with E-state index in [-0.39, 0.29) is 11.2 Å². The number of hydrogen-bond donors (Lipinski definition) is 1. The molecule has 1 atom stereocenters. The summed E-state index contributed by atoms with van der Waals surface area (Å²) in [6.45, 7) is 6.73. The van der Waals surface area contributed by atoms with Crippen LogP contribution in [0, 0.1) is 11.3 Å². The van der Waals surface area contributed by atoms with E-state index in [0.29, 0.717) is 27.1 Å². The number of furan rings is 1. The van der Waals surface area contributed by atoms with Gasteiger partial charge >= 0.3 is 5.97 Å². The van der Waals surface area contributed by atoms with E-state index < -0.39 is 11.9 Å². The topological polar surface area (TPSA) is 68.5 Å². The van der Waals surface area contributed by atoms with Gasteiger partial charge < -0.3 is 14.5 Å². The molecule has 1 unspecified atom stereocenters. The minimum atomic E-state index is -0.423. The predicted molar refractivity (Wildman–Crippen MR) is 120 cm³/mol. The second-order valence-electron chi connectivity index (χ2n) is 8.75. The van der Waals surface area contributed by atoms with E-state index in [1.807, 2.05) is 0 Å². The highest BCUT2D eigenvalue weighted by Crippen LogP contribution is 2.44. The van der Waals surface area contributed by atoms with Crippen LogP contribution < -0.4 is 5.32 Å². The number of thiophene rings is 1. The van der Waals surface area contributed by atoms with Gasteiger partial charge in [-0.25, -0.2) is 4.79 Å². The molecule has 1 N–H and O–H groups in total. The molecule has 1 aliphatic rings. The van der Waals surface area contributed by atoms with E-state index in [1.165, 1.54) is 18.4 Å². The van der Waals surface area contributed by atoms with Crippen molar-refractivity contribution < 1.29 is 18.7 Å². The summed E-state index contributed by atoms with van der Waals surface area (Å²) < 4.78 is 10.7. The molecule has 0 saturated carbocycles. The number of carbonyl (C=O) groups is 2. The van der Waals surface area contributed by atoms with Crippen molar-refractivity contribution in [3.8, 4) is 0 Å². The molecule has 0 fully saturated rings. The highest BCUT2D eigenvalue weighted by Gasteiger charge is 2.34. The van der Waals surface area contributed by atoms with E-state index in [1.54, 1.807) is 24.3 Å². The first-order valence-corrected chi connectivity index (χ1v) is 11.1. The number of rotatable bonds is 3. The molecule has 4 rings (SSSR count). The van der Waals surface area contributed by atoms with Gasteiger partial charge in [-0.05, 0) is 60.4 Å². The first-order chi connectivity index (χ1) is 14.2. The summed E-state index contributed by atoms with van der Waals surface area (Å²) in [7, 11) is 1.36. The molecule has 2 heterocycles. The first-order valence-electron chi connectivity index (χ1n) is 9.90. The number of nitrogens with one attached hydrogen (secondary N) is 1. The number of amides is 1. The Morgan fingerprint density at radius 2 is 2.03 bits per heavy atom.